The lowest BCUT2D eigenvalue weighted by Crippen LogP contribution is -2.42. The third-order valence-corrected chi connectivity index (χ3v) is 3.70. The molecule has 2 aromatic carbocycles. The summed E-state index contributed by atoms with van der Waals surface area (Å²) in [6, 6.07) is 15.2. The van der Waals surface area contributed by atoms with Gasteiger partial charge in [0.1, 0.15) is 12.6 Å². The Balaban J connectivity index is 1.60. The predicted molar refractivity (Wildman–Crippen MR) is 81.4 cm³/mol. The molecule has 0 aliphatic carbocycles. The van der Waals surface area contributed by atoms with Gasteiger partial charge in [-0.1, -0.05) is 36.4 Å². The molecule has 3 rings (SSSR count). The summed E-state index contributed by atoms with van der Waals surface area (Å²) in [5.74, 6) is -0.207. The van der Waals surface area contributed by atoms with Gasteiger partial charge in [0.25, 0.3) is 0 Å². The first-order valence-corrected chi connectivity index (χ1v) is 7.03. The largest absolute Gasteiger partial charge is 0.460 e. The molecular weight excluding hydrogens is 264 g/mol. The van der Waals surface area contributed by atoms with E-state index < -0.39 is 0 Å². The van der Waals surface area contributed by atoms with E-state index in [-0.39, 0.29) is 12.0 Å². The highest BCUT2D eigenvalue weighted by molar-refractivity contribution is 5.76. The molecule has 0 amide bonds. The SMILES string of the molecule is Nc1ccc2c(c1)CN[C@H](C(=O)OCc1ccccc1)C2. The molecule has 4 nitrogen and oxygen atoms in total. The molecule has 0 fully saturated rings. The maximum Gasteiger partial charge on any atom is 0.323 e. The number of rotatable bonds is 3. The molecule has 4 heteroatoms. The Kier molecular flexibility index (Phi) is 3.88. The summed E-state index contributed by atoms with van der Waals surface area (Å²) in [7, 11) is 0. The smallest absolute Gasteiger partial charge is 0.323 e. The van der Waals surface area contributed by atoms with Crippen LogP contribution in [0.3, 0.4) is 0 Å². The van der Waals surface area contributed by atoms with Crippen molar-refractivity contribution in [3.05, 3.63) is 65.2 Å². The van der Waals surface area contributed by atoms with Crippen LogP contribution < -0.4 is 11.1 Å². The molecular formula is C17H18N2O2. The summed E-state index contributed by atoms with van der Waals surface area (Å²) in [6.07, 6.45) is 0.642. The maximum atomic E-state index is 12.1. The molecule has 0 saturated heterocycles. The standard InChI is InChI=1S/C17H18N2O2/c18-15-7-6-13-9-16(19-10-14(13)8-15)17(20)21-11-12-4-2-1-3-5-12/h1-8,16,19H,9-11,18H2/t16-/m0/s1. The van der Waals surface area contributed by atoms with Crippen LogP contribution in [0.2, 0.25) is 0 Å². The Morgan fingerprint density at radius 3 is 2.81 bits per heavy atom. The number of hydrogen-bond donors (Lipinski definition) is 2. The summed E-state index contributed by atoms with van der Waals surface area (Å²) in [5, 5.41) is 3.21. The maximum absolute atomic E-state index is 12.1. The second kappa shape index (κ2) is 5.97. The molecule has 0 saturated carbocycles. The summed E-state index contributed by atoms with van der Waals surface area (Å²) in [5.41, 5.74) is 9.83. The van der Waals surface area contributed by atoms with Crippen molar-refractivity contribution in [2.24, 2.45) is 0 Å². The van der Waals surface area contributed by atoms with E-state index in [2.05, 4.69) is 5.32 Å². The summed E-state index contributed by atoms with van der Waals surface area (Å²) >= 11 is 0. The molecule has 1 atom stereocenters. The van der Waals surface area contributed by atoms with E-state index in [4.69, 9.17) is 10.5 Å². The minimum absolute atomic E-state index is 0.207. The molecule has 1 heterocycles. The van der Waals surface area contributed by atoms with Crippen LogP contribution >= 0.6 is 0 Å². The van der Waals surface area contributed by atoms with Gasteiger partial charge in [0, 0.05) is 12.2 Å². The average Bonchev–Trinajstić information content (AvgIpc) is 2.53. The lowest BCUT2D eigenvalue weighted by Gasteiger charge is -2.25. The van der Waals surface area contributed by atoms with Gasteiger partial charge in [0.15, 0.2) is 0 Å². The molecule has 108 valence electrons. The Hall–Kier alpha value is -2.33. The van der Waals surface area contributed by atoms with E-state index in [0.717, 1.165) is 22.4 Å². The number of anilines is 1. The minimum atomic E-state index is -0.287. The van der Waals surface area contributed by atoms with Crippen molar-refractivity contribution in [2.45, 2.75) is 25.6 Å². The number of carbonyl (C=O) groups is 1. The lowest BCUT2D eigenvalue weighted by molar-refractivity contribution is -0.147. The number of nitrogens with two attached hydrogens (primary N) is 1. The molecule has 0 unspecified atom stereocenters. The van der Waals surface area contributed by atoms with E-state index in [1.807, 2.05) is 48.5 Å². The van der Waals surface area contributed by atoms with Crippen molar-refractivity contribution < 1.29 is 9.53 Å². The first-order chi connectivity index (χ1) is 10.2. The van der Waals surface area contributed by atoms with Gasteiger partial charge in [-0.05, 0) is 35.2 Å². The number of hydrogen-bond acceptors (Lipinski definition) is 4. The minimum Gasteiger partial charge on any atom is -0.460 e. The summed E-state index contributed by atoms with van der Waals surface area (Å²) < 4.78 is 5.38. The summed E-state index contributed by atoms with van der Waals surface area (Å²) in [4.78, 5) is 12.1. The third-order valence-electron chi connectivity index (χ3n) is 3.70. The van der Waals surface area contributed by atoms with E-state index in [0.29, 0.717) is 19.6 Å². The second-order valence-electron chi connectivity index (χ2n) is 5.26. The van der Waals surface area contributed by atoms with Crippen LogP contribution in [0.5, 0.6) is 0 Å². The highest BCUT2D eigenvalue weighted by Gasteiger charge is 2.25. The van der Waals surface area contributed by atoms with Crippen molar-refractivity contribution in [3.8, 4) is 0 Å². The van der Waals surface area contributed by atoms with Gasteiger partial charge in [0.2, 0.25) is 0 Å². The molecule has 21 heavy (non-hydrogen) atoms. The van der Waals surface area contributed by atoms with E-state index in [1.54, 1.807) is 0 Å². The zero-order valence-corrected chi connectivity index (χ0v) is 11.7. The van der Waals surface area contributed by atoms with Crippen molar-refractivity contribution >= 4 is 11.7 Å². The quantitative estimate of drug-likeness (QED) is 0.668. The van der Waals surface area contributed by atoms with E-state index in [9.17, 15) is 4.79 Å². The predicted octanol–water partition coefficient (Wildman–Crippen LogP) is 2.03. The molecule has 0 aromatic heterocycles. The number of ether oxygens (including phenoxy) is 1. The normalized spacial score (nSPS) is 17.0. The van der Waals surface area contributed by atoms with E-state index in [1.165, 1.54) is 0 Å². The van der Waals surface area contributed by atoms with Crippen LogP contribution in [0, 0.1) is 0 Å². The molecule has 0 bridgehead atoms. The number of nitrogen functional groups attached to an aromatic ring is 1. The van der Waals surface area contributed by atoms with Gasteiger partial charge in [0.05, 0.1) is 0 Å². The van der Waals surface area contributed by atoms with Crippen molar-refractivity contribution in [1.29, 1.82) is 0 Å². The van der Waals surface area contributed by atoms with Crippen LogP contribution in [0.1, 0.15) is 16.7 Å². The molecule has 3 N–H and O–H groups in total. The summed E-state index contributed by atoms with van der Waals surface area (Å²) in [6.45, 7) is 0.956. The molecule has 0 radical (unpaired) electrons. The monoisotopic (exact) mass is 282 g/mol. The van der Waals surface area contributed by atoms with Gasteiger partial charge in [-0.25, -0.2) is 0 Å². The molecule has 1 aliphatic heterocycles. The highest BCUT2D eigenvalue weighted by Crippen LogP contribution is 2.20. The Bertz CT molecular complexity index is 640. The number of carbonyl (C=O) groups excluding carboxylic acids is 1. The van der Waals surface area contributed by atoms with Crippen LogP contribution in [-0.2, 0) is 29.1 Å². The Morgan fingerprint density at radius 2 is 2.00 bits per heavy atom. The van der Waals surface area contributed by atoms with Crippen molar-refractivity contribution in [1.82, 2.24) is 5.32 Å². The van der Waals surface area contributed by atoms with Crippen molar-refractivity contribution in [2.75, 3.05) is 5.73 Å². The number of fused-ring (bicyclic) bond motifs is 1. The fourth-order valence-electron chi connectivity index (χ4n) is 2.53. The zero-order valence-electron chi connectivity index (χ0n) is 11.7. The van der Waals surface area contributed by atoms with Gasteiger partial charge >= 0.3 is 5.97 Å². The van der Waals surface area contributed by atoms with E-state index >= 15 is 0 Å². The third kappa shape index (κ3) is 3.23. The van der Waals surface area contributed by atoms with Crippen LogP contribution in [0.25, 0.3) is 0 Å². The number of nitrogens with one attached hydrogen (secondary N) is 1. The van der Waals surface area contributed by atoms with Crippen LogP contribution in [-0.4, -0.2) is 12.0 Å². The zero-order chi connectivity index (χ0) is 14.7. The van der Waals surface area contributed by atoms with Gasteiger partial charge in [-0.15, -0.1) is 0 Å². The fraction of sp³-hybridized carbons (Fsp3) is 0.235. The molecule has 0 spiro atoms. The van der Waals surface area contributed by atoms with Gasteiger partial charge < -0.3 is 15.8 Å². The lowest BCUT2D eigenvalue weighted by atomic mass is 9.95. The number of esters is 1. The number of benzene rings is 2. The van der Waals surface area contributed by atoms with Gasteiger partial charge in [-0.2, -0.15) is 0 Å². The fourth-order valence-corrected chi connectivity index (χ4v) is 2.53. The highest BCUT2D eigenvalue weighted by atomic mass is 16.5. The van der Waals surface area contributed by atoms with Crippen LogP contribution in [0.4, 0.5) is 5.69 Å². The second-order valence-corrected chi connectivity index (χ2v) is 5.26. The molecule has 2 aromatic rings. The van der Waals surface area contributed by atoms with Crippen molar-refractivity contribution in [3.63, 3.8) is 0 Å². The van der Waals surface area contributed by atoms with Gasteiger partial charge in [-0.3, -0.25) is 4.79 Å². The average molecular weight is 282 g/mol. The Morgan fingerprint density at radius 1 is 1.19 bits per heavy atom. The van der Waals surface area contributed by atoms with Crippen LogP contribution in [0.15, 0.2) is 48.5 Å². The topological polar surface area (TPSA) is 64.3 Å². The molecule has 1 aliphatic rings. The first-order valence-electron chi connectivity index (χ1n) is 7.03. The Labute approximate surface area is 123 Å². The first kappa shape index (κ1) is 13.6.